The number of alkyl carbamates (subject to hydrolysis) is 1. The highest BCUT2D eigenvalue weighted by Gasteiger charge is 2.32. The van der Waals surface area contributed by atoms with Gasteiger partial charge in [0.05, 0.1) is 17.8 Å². The lowest BCUT2D eigenvalue weighted by molar-refractivity contribution is 0.0384. The molecule has 0 aliphatic rings. The molecule has 3 atom stereocenters. The third kappa shape index (κ3) is 8.91. The molecular formula is C29H35N3O5. The number of hydrogen-bond acceptors (Lipinski definition) is 5. The lowest BCUT2D eigenvalue weighted by Crippen LogP contribution is -2.50. The Morgan fingerprint density at radius 3 is 2.24 bits per heavy atom. The van der Waals surface area contributed by atoms with Gasteiger partial charge in [0, 0.05) is 24.2 Å². The summed E-state index contributed by atoms with van der Waals surface area (Å²) in [4.78, 5) is 28.1. The minimum Gasteiger partial charge on any atom is -0.465 e. The number of amides is 2. The van der Waals surface area contributed by atoms with Gasteiger partial charge in [-0.1, -0.05) is 60.7 Å². The molecule has 2 aromatic carbocycles. The van der Waals surface area contributed by atoms with Crippen LogP contribution in [0.3, 0.4) is 0 Å². The van der Waals surface area contributed by atoms with Gasteiger partial charge in [0.25, 0.3) is 0 Å². The fourth-order valence-corrected chi connectivity index (χ4v) is 4.17. The highest BCUT2D eigenvalue weighted by Crippen LogP contribution is 2.29. The quantitative estimate of drug-likeness (QED) is 0.308. The Morgan fingerprint density at radius 2 is 1.65 bits per heavy atom. The van der Waals surface area contributed by atoms with Crippen LogP contribution in [0.15, 0.2) is 79.0 Å². The van der Waals surface area contributed by atoms with Crippen molar-refractivity contribution >= 4 is 12.2 Å². The zero-order valence-electron chi connectivity index (χ0n) is 21.4. The minimum atomic E-state index is -1.17. The van der Waals surface area contributed by atoms with Crippen molar-refractivity contribution in [2.75, 3.05) is 6.54 Å². The van der Waals surface area contributed by atoms with E-state index in [2.05, 4.69) is 15.6 Å². The maximum Gasteiger partial charge on any atom is 0.407 e. The number of carbonyl (C=O) groups excluding carboxylic acids is 1. The first-order valence-electron chi connectivity index (χ1n) is 12.3. The van der Waals surface area contributed by atoms with Gasteiger partial charge in [-0.05, 0) is 56.9 Å². The van der Waals surface area contributed by atoms with Crippen molar-refractivity contribution in [3.05, 3.63) is 90.1 Å². The maximum absolute atomic E-state index is 12.8. The molecule has 0 fully saturated rings. The van der Waals surface area contributed by atoms with E-state index < -0.39 is 29.9 Å². The number of aliphatic hydroxyl groups is 1. The zero-order valence-corrected chi connectivity index (χ0v) is 21.4. The number of aliphatic hydroxyl groups excluding tert-OH is 1. The molecule has 3 rings (SSSR count). The van der Waals surface area contributed by atoms with E-state index >= 15 is 0 Å². The van der Waals surface area contributed by atoms with Crippen LogP contribution >= 0.6 is 0 Å². The summed E-state index contributed by atoms with van der Waals surface area (Å²) in [5, 5.41) is 25.2. The van der Waals surface area contributed by atoms with E-state index in [1.54, 1.807) is 27.0 Å². The van der Waals surface area contributed by atoms with Crippen LogP contribution < -0.4 is 10.6 Å². The molecule has 0 bridgehead atoms. The summed E-state index contributed by atoms with van der Waals surface area (Å²) in [6.45, 7) is 5.36. The molecule has 2 amide bonds. The summed E-state index contributed by atoms with van der Waals surface area (Å²) in [6.07, 6.45) is -0.448. The molecule has 0 aliphatic carbocycles. The molecule has 8 heteroatoms. The topological polar surface area (TPSA) is 121 Å². The molecule has 1 heterocycles. The normalized spacial score (nSPS) is 13.7. The molecule has 1 unspecified atom stereocenters. The van der Waals surface area contributed by atoms with E-state index in [1.807, 2.05) is 72.8 Å². The van der Waals surface area contributed by atoms with Crippen molar-refractivity contribution < 1.29 is 24.5 Å². The highest BCUT2D eigenvalue weighted by molar-refractivity contribution is 5.68. The molecule has 37 heavy (non-hydrogen) atoms. The SMILES string of the molecule is CC(C)(C)OC(=O)N[C@@H](C(Cc1ccc(-c2ccccn2)cc1)c1ccccc1)[C@H](O)CCNC(=O)O. The maximum atomic E-state index is 12.8. The van der Waals surface area contributed by atoms with Gasteiger partial charge in [0.2, 0.25) is 0 Å². The van der Waals surface area contributed by atoms with Gasteiger partial charge in [-0.3, -0.25) is 4.98 Å². The van der Waals surface area contributed by atoms with Gasteiger partial charge in [-0.25, -0.2) is 9.59 Å². The number of carbonyl (C=O) groups is 2. The first kappa shape index (κ1) is 27.7. The van der Waals surface area contributed by atoms with Gasteiger partial charge in [-0.2, -0.15) is 0 Å². The monoisotopic (exact) mass is 505 g/mol. The molecule has 0 saturated carbocycles. The number of benzene rings is 2. The number of nitrogens with one attached hydrogen (secondary N) is 2. The van der Waals surface area contributed by atoms with E-state index in [1.165, 1.54) is 0 Å². The number of hydrogen-bond donors (Lipinski definition) is 4. The standard InChI is InChI=1S/C29H35N3O5/c1-29(2,3)37-28(36)32-26(25(33)16-18-31-27(34)35)23(21-9-5-4-6-10-21)19-20-12-14-22(15-13-20)24-11-7-8-17-30-24/h4-15,17,23,25-26,31,33H,16,18-19H2,1-3H3,(H,32,36)(H,34,35)/t23?,25-,26+/m1/s1. The average Bonchev–Trinajstić information content (AvgIpc) is 2.86. The minimum absolute atomic E-state index is 0.0449. The first-order chi connectivity index (χ1) is 17.6. The number of aromatic nitrogens is 1. The third-order valence-electron chi connectivity index (χ3n) is 5.85. The van der Waals surface area contributed by atoms with Gasteiger partial charge < -0.3 is 25.6 Å². The second kappa shape index (κ2) is 12.9. The smallest absolute Gasteiger partial charge is 0.407 e. The largest absolute Gasteiger partial charge is 0.465 e. The van der Waals surface area contributed by atoms with Crippen molar-refractivity contribution in [1.82, 2.24) is 15.6 Å². The van der Waals surface area contributed by atoms with Crippen LogP contribution in [-0.4, -0.2) is 51.7 Å². The number of carboxylic acid groups (broad SMARTS) is 1. The van der Waals surface area contributed by atoms with E-state index in [0.29, 0.717) is 6.42 Å². The van der Waals surface area contributed by atoms with E-state index in [9.17, 15) is 14.7 Å². The van der Waals surface area contributed by atoms with Gasteiger partial charge in [0.15, 0.2) is 0 Å². The zero-order chi connectivity index (χ0) is 26.8. The summed E-state index contributed by atoms with van der Waals surface area (Å²) in [7, 11) is 0. The van der Waals surface area contributed by atoms with Crippen molar-refractivity contribution in [2.45, 2.75) is 57.3 Å². The van der Waals surface area contributed by atoms with Crippen molar-refractivity contribution in [3.63, 3.8) is 0 Å². The molecule has 0 spiro atoms. The molecule has 0 aliphatic heterocycles. The summed E-state index contributed by atoms with van der Waals surface area (Å²) in [5.74, 6) is -0.311. The molecular weight excluding hydrogens is 470 g/mol. The van der Waals surface area contributed by atoms with Crippen LogP contribution in [-0.2, 0) is 11.2 Å². The lowest BCUT2D eigenvalue weighted by Gasteiger charge is -2.33. The molecule has 4 N–H and O–H groups in total. The Bertz CT molecular complexity index is 1130. The third-order valence-corrected chi connectivity index (χ3v) is 5.85. The first-order valence-corrected chi connectivity index (χ1v) is 12.3. The van der Waals surface area contributed by atoms with Crippen LogP contribution in [0, 0.1) is 0 Å². The predicted octanol–water partition coefficient (Wildman–Crippen LogP) is 4.99. The Balaban J connectivity index is 1.90. The summed E-state index contributed by atoms with van der Waals surface area (Å²) in [6, 6.07) is 22.7. The fraction of sp³-hybridized carbons (Fsp3) is 0.345. The molecule has 8 nitrogen and oxygen atoms in total. The van der Waals surface area contributed by atoms with E-state index in [4.69, 9.17) is 9.84 Å². The fourth-order valence-electron chi connectivity index (χ4n) is 4.17. The van der Waals surface area contributed by atoms with E-state index in [-0.39, 0.29) is 18.9 Å². The molecule has 3 aromatic rings. The van der Waals surface area contributed by atoms with Crippen molar-refractivity contribution in [1.29, 1.82) is 0 Å². The highest BCUT2D eigenvalue weighted by atomic mass is 16.6. The lowest BCUT2D eigenvalue weighted by atomic mass is 9.82. The molecule has 1 aromatic heterocycles. The summed E-state index contributed by atoms with van der Waals surface area (Å²) < 4.78 is 5.48. The van der Waals surface area contributed by atoms with Gasteiger partial charge in [-0.15, -0.1) is 0 Å². The van der Waals surface area contributed by atoms with Gasteiger partial charge in [0.1, 0.15) is 5.60 Å². The van der Waals surface area contributed by atoms with E-state index in [0.717, 1.165) is 22.4 Å². The number of pyridine rings is 1. The Morgan fingerprint density at radius 1 is 0.973 bits per heavy atom. The number of rotatable bonds is 10. The van der Waals surface area contributed by atoms with Crippen LogP contribution in [0.2, 0.25) is 0 Å². The average molecular weight is 506 g/mol. The summed E-state index contributed by atoms with van der Waals surface area (Å²) in [5.41, 5.74) is 3.10. The molecule has 196 valence electrons. The number of nitrogens with zero attached hydrogens (tertiary/aromatic N) is 1. The van der Waals surface area contributed by atoms with Crippen LogP contribution in [0.5, 0.6) is 0 Å². The Hall–Kier alpha value is -3.91. The summed E-state index contributed by atoms with van der Waals surface area (Å²) >= 11 is 0. The molecule has 0 radical (unpaired) electrons. The van der Waals surface area contributed by atoms with Crippen LogP contribution in [0.1, 0.15) is 44.2 Å². The van der Waals surface area contributed by atoms with Crippen molar-refractivity contribution in [2.24, 2.45) is 0 Å². The Labute approximate surface area is 217 Å². The second-order valence-corrected chi connectivity index (χ2v) is 9.89. The van der Waals surface area contributed by atoms with Crippen LogP contribution in [0.25, 0.3) is 11.3 Å². The van der Waals surface area contributed by atoms with Gasteiger partial charge >= 0.3 is 12.2 Å². The number of ether oxygens (including phenoxy) is 1. The van der Waals surface area contributed by atoms with Crippen molar-refractivity contribution in [3.8, 4) is 11.3 Å². The molecule has 0 saturated heterocycles. The second-order valence-electron chi connectivity index (χ2n) is 9.89. The Kier molecular flexibility index (Phi) is 9.63. The predicted molar refractivity (Wildman–Crippen MR) is 142 cm³/mol. The van der Waals surface area contributed by atoms with Crippen LogP contribution in [0.4, 0.5) is 9.59 Å².